The summed E-state index contributed by atoms with van der Waals surface area (Å²) in [6.07, 6.45) is 3.30. The summed E-state index contributed by atoms with van der Waals surface area (Å²) < 4.78 is 0. The largest absolute Gasteiger partial charge is 0.480 e. The van der Waals surface area contributed by atoms with E-state index in [9.17, 15) is 9.59 Å². The molecule has 6 heteroatoms. The van der Waals surface area contributed by atoms with Gasteiger partial charge in [-0.3, -0.25) is 9.78 Å². The van der Waals surface area contributed by atoms with Gasteiger partial charge < -0.3 is 15.3 Å². The molecule has 0 saturated heterocycles. The van der Waals surface area contributed by atoms with Gasteiger partial charge >= 0.3 is 12.0 Å². The second-order valence-corrected chi connectivity index (χ2v) is 3.42. The first-order chi connectivity index (χ1) is 8.13. The monoisotopic (exact) mass is 237 g/mol. The number of hydrogen-bond acceptors (Lipinski definition) is 3. The number of carbonyl (C=O) groups excluding carboxylic acids is 1. The van der Waals surface area contributed by atoms with Crippen molar-refractivity contribution in [1.82, 2.24) is 15.2 Å². The quantitative estimate of drug-likeness (QED) is 0.789. The molecule has 92 valence electrons. The van der Waals surface area contributed by atoms with Gasteiger partial charge in [0.1, 0.15) is 6.54 Å². The van der Waals surface area contributed by atoms with Crippen LogP contribution in [0.1, 0.15) is 12.5 Å². The number of urea groups is 1. The van der Waals surface area contributed by atoms with E-state index in [1.54, 1.807) is 12.4 Å². The molecule has 1 rings (SSSR count). The van der Waals surface area contributed by atoms with Crippen molar-refractivity contribution in [3.63, 3.8) is 0 Å². The summed E-state index contributed by atoms with van der Waals surface area (Å²) in [6.45, 7) is 2.41. The zero-order valence-electron chi connectivity index (χ0n) is 9.59. The van der Waals surface area contributed by atoms with Crippen LogP contribution in [-0.2, 0) is 11.3 Å². The van der Waals surface area contributed by atoms with Gasteiger partial charge in [-0.25, -0.2) is 4.79 Å². The van der Waals surface area contributed by atoms with Gasteiger partial charge in [-0.1, -0.05) is 0 Å². The fraction of sp³-hybridized carbons (Fsp3) is 0.364. The van der Waals surface area contributed by atoms with Crippen LogP contribution in [0.5, 0.6) is 0 Å². The van der Waals surface area contributed by atoms with Gasteiger partial charge in [-0.2, -0.15) is 0 Å². The summed E-state index contributed by atoms with van der Waals surface area (Å²) >= 11 is 0. The van der Waals surface area contributed by atoms with Crippen LogP contribution in [0.25, 0.3) is 0 Å². The van der Waals surface area contributed by atoms with Gasteiger partial charge in [0.2, 0.25) is 0 Å². The SMILES string of the molecule is CCN(Cc1ccncc1)C(=O)NCC(=O)O. The molecule has 0 spiro atoms. The van der Waals surface area contributed by atoms with Crippen LogP contribution in [-0.4, -0.2) is 40.1 Å². The molecule has 0 bridgehead atoms. The molecule has 0 atom stereocenters. The summed E-state index contributed by atoms with van der Waals surface area (Å²) in [6, 6.07) is 3.24. The van der Waals surface area contributed by atoms with E-state index in [1.807, 2.05) is 19.1 Å². The van der Waals surface area contributed by atoms with E-state index in [2.05, 4.69) is 10.3 Å². The number of aliphatic carboxylic acids is 1. The van der Waals surface area contributed by atoms with Crippen molar-refractivity contribution < 1.29 is 14.7 Å². The molecule has 1 aromatic rings. The van der Waals surface area contributed by atoms with Crippen LogP contribution >= 0.6 is 0 Å². The molecule has 0 aliphatic carbocycles. The Morgan fingerprint density at radius 2 is 2.06 bits per heavy atom. The molecule has 0 unspecified atom stereocenters. The highest BCUT2D eigenvalue weighted by atomic mass is 16.4. The maximum absolute atomic E-state index is 11.6. The second-order valence-electron chi connectivity index (χ2n) is 3.42. The third kappa shape index (κ3) is 4.50. The predicted octanol–water partition coefficient (Wildman–Crippen LogP) is 0.698. The number of hydrogen-bond donors (Lipinski definition) is 2. The van der Waals surface area contributed by atoms with E-state index < -0.39 is 5.97 Å². The van der Waals surface area contributed by atoms with Crippen LogP contribution in [0, 0.1) is 0 Å². The van der Waals surface area contributed by atoms with Crippen molar-refractivity contribution >= 4 is 12.0 Å². The van der Waals surface area contributed by atoms with Crippen molar-refractivity contribution in [2.45, 2.75) is 13.5 Å². The van der Waals surface area contributed by atoms with Gasteiger partial charge in [0.25, 0.3) is 0 Å². The Kier molecular flexibility index (Phi) is 4.93. The zero-order chi connectivity index (χ0) is 12.7. The first-order valence-electron chi connectivity index (χ1n) is 5.27. The number of carboxylic acid groups (broad SMARTS) is 1. The molecule has 0 radical (unpaired) electrons. The zero-order valence-corrected chi connectivity index (χ0v) is 9.59. The normalized spacial score (nSPS) is 9.71. The Labute approximate surface area is 99.3 Å². The highest BCUT2D eigenvalue weighted by Crippen LogP contribution is 2.02. The molecule has 1 aromatic heterocycles. The molecular weight excluding hydrogens is 222 g/mol. The standard InChI is InChI=1S/C11H15N3O3/c1-2-14(11(17)13-7-10(15)16)8-9-3-5-12-6-4-9/h3-6H,2,7-8H2,1H3,(H,13,17)(H,15,16). The van der Waals surface area contributed by atoms with Gasteiger partial charge in [-0.05, 0) is 24.6 Å². The summed E-state index contributed by atoms with van der Waals surface area (Å²) in [5, 5.41) is 10.8. The van der Waals surface area contributed by atoms with Crippen molar-refractivity contribution in [3.8, 4) is 0 Å². The summed E-state index contributed by atoms with van der Waals surface area (Å²) in [7, 11) is 0. The molecule has 0 aliphatic rings. The van der Waals surface area contributed by atoms with Crippen LogP contribution in [0.2, 0.25) is 0 Å². The maximum atomic E-state index is 11.6. The number of carbonyl (C=O) groups is 2. The molecule has 0 aromatic carbocycles. The fourth-order valence-electron chi connectivity index (χ4n) is 1.30. The van der Waals surface area contributed by atoms with Crippen molar-refractivity contribution in [3.05, 3.63) is 30.1 Å². The minimum absolute atomic E-state index is 0.369. The average molecular weight is 237 g/mol. The summed E-state index contributed by atoms with van der Waals surface area (Å²) in [5.41, 5.74) is 0.951. The highest BCUT2D eigenvalue weighted by molar-refractivity contribution is 5.79. The lowest BCUT2D eigenvalue weighted by atomic mass is 10.2. The molecule has 1 heterocycles. The van der Waals surface area contributed by atoms with Gasteiger partial charge in [-0.15, -0.1) is 0 Å². The van der Waals surface area contributed by atoms with Crippen molar-refractivity contribution in [2.75, 3.05) is 13.1 Å². The van der Waals surface area contributed by atoms with E-state index >= 15 is 0 Å². The van der Waals surface area contributed by atoms with Crippen molar-refractivity contribution in [2.24, 2.45) is 0 Å². The molecular formula is C11H15N3O3. The summed E-state index contributed by atoms with van der Waals surface area (Å²) in [4.78, 5) is 27.4. The molecule has 17 heavy (non-hydrogen) atoms. The van der Waals surface area contributed by atoms with Crippen LogP contribution in [0.15, 0.2) is 24.5 Å². The average Bonchev–Trinajstić information content (AvgIpc) is 2.34. The minimum Gasteiger partial charge on any atom is -0.480 e. The maximum Gasteiger partial charge on any atom is 0.323 e. The first kappa shape index (κ1) is 13.0. The molecule has 0 fully saturated rings. The van der Waals surface area contributed by atoms with Crippen LogP contribution in [0.4, 0.5) is 4.79 Å². The van der Waals surface area contributed by atoms with Gasteiger partial charge in [0.15, 0.2) is 0 Å². The Morgan fingerprint density at radius 1 is 1.41 bits per heavy atom. The van der Waals surface area contributed by atoms with Crippen LogP contribution < -0.4 is 5.32 Å². The lowest BCUT2D eigenvalue weighted by Crippen LogP contribution is -2.41. The Morgan fingerprint density at radius 3 is 2.59 bits per heavy atom. The number of amides is 2. The fourth-order valence-corrected chi connectivity index (χ4v) is 1.30. The Balaban J connectivity index is 2.53. The van der Waals surface area contributed by atoms with Crippen LogP contribution in [0.3, 0.4) is 0 Å². The smallest absolute Gasteiger partial charge is 0.323 e. The summed E-state index contributed by atoms with van der Waals surface area (Å²) in [5.74, 6) is -1.06. The number of pyridine rings is 1. The highest BCUT2D eigenvalue weighted by Gasteiger charge is 2.12. The topological polar surface area (TPSA) is 82.5 Å². The molecule has 2 N–H and O–H groups in total. The number of nitrogens with zero attached hydrogens (tertiary/aromatic N) is 2. The Bertz CT molecular complexity index is 381. The van der Waals surface area contributed by atoms with E-state index in [0.29, 0.717) is 13.1 Å². The molecule has 6 nitrogen and oxygen atoms in total. The number of rotatable bonds is 5. The third-order valence-electron chi connectivity index (χ3n) is 2.18. The molecule has 0 saturated carbocycles. The van der Waals surface area contributed by atoms with Gasteiger partial charge in [0.05, 0.1) is 0 Å². The van der Waals surface area contributed by atoms with Crippen molar-refractivity contribution in [1.29, 1.82) is 0 Å². The number of carboxylic acids is 1. The van der Waals surface area contributed by atoms with E-state index in [-0.39, 0.29) is 12.6 Å². The lowest BCUT2D eigenvalue weighted by Gasteiger charge is -2.20. The third-order valence-corrected chi connectivity index (χ3v) is 2.18. The van der Waals surface area contributed by atoms with Gasteiger partial charge in [0, 0.05) is 25.5 Å². The first-order valence-corrected chi connectivity index (χ1v) is 5.27. The predicted molar refractivity (Wildman–Crippen MR) is 61.4 cm³/mol. The van der Waals surface area contributed by atoms with E-state index in [0.717, 1.165) is 5.56 Å². The lowest BCUT2D eigenvalue weighted by molar-refractivity contribution is -0.135. The van der Waals surface area contributed by atoms with E-state index in [4.69, 9.17) is 5.11 Å². The Hall–Kier alpha value is -2.11. The number of aromatic nitrogens is 1. The second kappa shape index (κ2) is 6.47. The number of nitrogens with one attached hydrogen (secondary N) is 1. The van der Waals surface area contributed by atoms with E-state index in [1.165, 1.54) is 4.90 Å². The molecule has 2 amide bonds. The minimum atomic E-state index is -1.06. The molecule has 0 aliphatic heterocycles.